The quantitative estimate of drug-likeness (QED) is 0.469. The number of benzene rings is 1. The van der Waals surface area contributed by atoms with E-state index in [0.29, 0.717) is 27.0 Å². The lowest BCUT2D eigenvalue weighted by atomic mass is 9.99. The number of carbonyl (C=O) groups is 2. The fourth-order valence-corrected chi connectivity index (χ4v) is 4.32. The van der Waals surface area contributed by atoms with Crippen LogP contribution in [-0.2, 0) is 4.74 Å². The number of hydrogen-bond acceptors (Lipinski definition) is 7. The molecule has 1 aromatic carbocycles. The number of aryl methyl sites for hydroxylation is 3. The first-order valence-corrected chi connectivity index (χ1v) is 10.4. The number of esters is 1. The Labute approximate surface area is 183 Å². The summed E-state index contributed by atoms with van der Waals surface area (Å²) in [6, 6.07) is 9.47. The van der Waals surface area contributed by atoms with Crippen LogP contribution in [0.25, 0.3) is 22.2 Å². The molecular formula is C23H20N4O3S. The van der Waals surface area contributed by atoms with E-state index in [1.807, 2.05) is 38.1 Å². The molecule has 0 bridgehead atoms. The average Bonchev–Trinajstić information content (AvgIpc) is 3.13. The number of methoxy groups -OCH3 is 1. The van der Waals surface area contributed by atoms with Crippen LogP contribution < -0.4 is 5.32 Å². The largest absolute Gasteiger partial charge is 0.465 e. The lowest BCUT2D eigenvalue weighted by Gasteiger charge is -2.12. The highest BCUT2D eigenvalue weighted by atomic mass is 32.1. The van der Waals surface area contributed by atoms with E-state index in [2.05, 4.69) is 15.3 Å². The Kier molecular flexibility index (Phi) is 5.48. The molecule has 0 radical (unpaired) electrons. The summed E-state index contributed by atoms with van der Waals surface area (Å²) in [6.45, 7) is 5.67. The highest BCUT2D eigenvalue weighted by Crippen LogP contribution is 2.29. The molecular weight excluding hydrogens is 412 g/mol. The van der Waals surface area contributed by atoms with Gasteiger partial charge in [0.15, 0.2) is 5.13 Å². The van der Waals surface area contributed by atoms with Crippen molar-refractivity contribution in [2.45, 2.75) is 20.8 Å². The zero-order chi connectivity index (χ0) is 22.1. The minimum Gasteiger partial charge on any atom is -0.465 e. The van der Waals surface area contributed by atoms with Gasteiger partial charge in [-0.2, -0.15) is 0 Å². The Bertz CT molecular complexity index is 1320. The first-order chi connectivity index (χ1) is 14.9. The van der Waals surface area contributed by atoms with Crippen molar-refractivity contribution in [2.24, 2.45) is 0 Å². The molecule has 1 amide bonds. The average molecular weight is 433 g/mol. The van der Waals surface area contributed by atoms with Gasteiger partial charge in [-0.25, -0.2) is 14.8 Å². The third-order valence-corrected chi connectivity index (χ3v) is 5.91. The van der Waals surface area contributed by atoms with Crippen molar-refractivity contribution in [1.82, 2.24) is 15.0 Å². The molecule has 0 unspecified atom stereocenters. The van der Waals surface area contributed by atoms with Crippen LogP contribution in [0.2, 0.25) is 0 Å². The minimum absolute atomic E-state index is 0.321. The molecule has 8 heteroatoms. The smallest absolute Gasteiger partial charge is 0.350 e. The second-order valence-electron chi connectivity index (χ2n) is 7.15. The van der Waals surface area contributed by atoms with E-state index in [9.17, 15) is 9.59 Å². The standard InChI is InChI=1S/C23H20N4O3S/c1-12-9-13(2)19-16(10-12)17(11-18(26-19)15-5-7-24-8-6-15)21(28)27-23-25-14(3)20(31-23)22(29)30-4/h5-11H,1-4H3,(H,25,27,28). The van der Waals surface area contributed by atoms with E-state index < -0.39 is 5.97 Å². The van der Waals surface area contributed by atoms with Gasteiger partial charge in [-0.1, -0.05) is 23.0 Å². The van der Waals surface area contributed by atoms with Crippen LogP contribution in [0.1, 0.15) is 36.9 Å². The van der Waals surface area contributed by atoms with E-state index in [0.717, 1.165) is 38.9 Å². The van der Waals surface area contributed by atoms with Gasteiger partial charge >= 0.3 is 5.97 Å². The third kappa shape index (κ3) is 4.02. The highest BCUT2D eigenvalue weighted by Gasteiger charge is 2.20. The number of nitrogens with one attached hydrogen (secondary N) is 1. The van der Waals surface area contributed by atoms with Gasteiger partial charge in [0.2, 0.25) is 0 Å². The van der Waals surface area contributed by atoms with Gasteiger partial charge in [0.05, 0.1) is 29.6 Å². The number of anilines is 1. The van der Waals surface area contributed by atoms with Crippen LogP contribution >= 0.6 is 11.3 Å². The fourth-order valence-electron chi connectivity index (χ4n) is 3.44. The second kappa shape index (κ2) is 8.23. The fraction of sp³-hybridized carbons (Fsp3) is 0.174. The predicted octanol–water partition coefficient (Wildman–Crippen LogP) is 4.72. The van der Waals surface area contributed by atoms with Gasteiger partial charge in [0.1, 0.15) is 4.88 Å². The summed E-state index contributed by atoms with van der Waals surface area (Å²) >= 11 is 1.09. The molecule has 156 valence electrons. The monoisotopic (exact) mass is 432 g/mol. The van der Waals surface area contributed by atoms with Gasteiger partial charge in [0, 0.05) is 23.3 Å². The van der Waals surface area contributed by atoms with E-state index in [-0.39, 0.29) is 5.91 Å². The van der Waals surface area contributed by atoms with E-state index >= 15 is 0 Å². The summed E-state index contributed by atoms with van der Waals surface area (Å²) in [5, 5.41) is 3.92. The van der Waals surface area contributed by atoms with Gasteiger partial charge in [-0.15, -0.1) is 0 Å². The van der Waals surface area contributed by atoms with Crippen molar-refractivity contribution in [2.75, 3.05) is 12.4 Å². The SMILES string of the molecule is COC(=O)c1sc(NC(=O)c2cc(-c3ccncc3)nc3c(C)cc(C)cc23)nc1C. The molecule has 1 N–H and O–H groups in total. The molecule has 31 heavy (non-hydrogen) atoms. The summed E-state index contributed by atoms with van der Waals surface area (Å²) in [4.78, 5) is 38.7. The topological polar surface area (TPSA) is 94.1 Å². The van der Waals surface area contributed by atoms with E-state index in [4.69, 9.17) is 9.72 Å². The van der Waals surface area contributed by atoms with Crippen LogP contribution in [0.15, 0.2) is 42.7 Å². The third-order valence-electron chi connectivity index (χ3n) is 4.86. The number of ether oxygens (including phenoxy) is 1. The van der Waals surface area contributed by atoms with Crippen molar-refractivity contribution in [3.8, 4) is 11.3 Å². The molecule has 7 nitrogen and oxygen atoms in total. The number of rotatable bonds is 4. The molecule has 0 aliphatic heterocycles. The molecule has 0 aliphatic rings. The van der Waals surface area contributed by atoms with Crippen LogP contribution in [0.4, 0.5) is 5.13 Å². The Morgan fingerprint density at radius 2 is 1.77 bits per heavy atom. The zero-order valence-corrected chi connectivity index (χ0v) is 18.3. The number of amides is 1. The molecule has 0 atom stereocenters. The number of carbonyl (C=O) groups excluding carboxylic acids is 2. The minimum atomic E-state index is -0.476. The first-order valence-electron chi connectivity index (χ1n) is 9.57. The number of thiazole rings is 1. The van der Waals surface area contributed by atoms with E-state index in [1.54, 1.807) is 25.4 Å². The zero-order valence-electron chi connectivity index (χ0n) is 17.5. The predicted molar refractivity (Wildman–Crippen MR) is 121 cm³/mol. The van der Waals surface area contributed by atoms with Crippen molar-refractivity contribution in [1.29, 1.82) is 0 Å². The number of nitrogens with zero attached hydrogens (tertiary/aromatic N) is 3. The number of fused-ring (bicyclic) bond motifs is 1. The second-order valence-corrected chi connectivity index (χ2v) is 8.15. The molecule has 4 rings (SSSR count). The molecule has 4 aromatic rings. The van der Waals surface area contributed by atoms with Crippen LogP contribution in [-0.4, -0.2) is 33.9 Å². The van der Waals surface area contributed by atoms with Crippen molar-refractivity contribution < 1.29 is 14.3 Å². The Balaban J connectivity index is 1.82. The summed E-state index contributed by atoms with van der Waals surface area (Å²) in [6.07, 6.45) is 3.38. The summed E-state index contributed by atoms with van der Waals surface area (Å²) in [5.74, 6) is -0.797. The highest BCUT2D eigenvalue weighted by molar-refractivity contribution is 7.17. The van der Waals surface area contributed by atoms with Crippen LogP contribution in [0.3, 0.4) is 0 Å². The Morgan fingerprint density at radius 3 is 2.48 bits per heavy atom. The Hall–Kier alpha value is -3.65. The van der Waals surface area contributed by atoms with Gasteiger partial charge in [-0.05, 0) is 50.6 Å². The van der Waals surface area contributed by atoms with E-state index in [1.165, 1.54) is 7.11 Å². The molecule has 0 fully saturated rings. The summed E-state index contributed by atoms with van der Waals surface area (Å²) in [5.41, 5.74) is 5.32. The maximum atomic E-state index is 13.3. The lowest BCUT2D eigenvalue weighted by molar-refractivity contribution is 0.0605. The maximum absolute atomic E-state index is 13.3. The van der Waals surface area contributed by atoms with Gasteiger partial charge < -0.3 is 4.74 Å². The summed E-state index contributed by atoms with van der Waals surface area (Å²) < 4.78 is 4.77. The Morgan fingerprint density at radius 1 is 1.03 bits per heavy atom. The number of pyridine rings is 2. The first kappa shape index (κ1) is 20.6. The number of hydrogen-bond donors (Lipinski definition) is 1. The molecule has 0 spiro atoms. The molecule has 3 heterocycles. The normalized spacial score (nSPS) is 10.8. The van der Waals surface area contributed by atoms with Crippen LogP contribution in [0, 0.1) is 20.8 Å². The van der Waals surface area contributed by atoms with Gasteiger partial charge in [-0.3, -0.25) is 15.1 Å². The summed E-state index contributed by atoms with van der Waals surface area (Å²) in [7, 11) is 1.31. The van der Waals surface area contributed by atoms with Crippen molar-refractivity contribution in [3.05, 3.63) is 70.0 Å². The molecule has 0 aliphatic carbocycles. The lowest BCUT2D eigenvalue weighted by Crippen LogP contribution is -2.13. The van der Waals surface area contributed by atoms with Gasteiger partial charge in [0.25, 0.3) is 5.91 Å². The number of aromatic nitrogens is 3. The molecule has 0 saturated heterocycles. The van der Waals surface area contributed by atoms with Crippen LogP contribution in [0.5, 0.6) is 0 Å². The van der Waals surface area contributed by atoms with Crippen molar-refractivity contribution in [3.63, 3.8) is 0 Å². The maximum Gasteiger partial charge on any atom is 0.350 e. The van der Waals surface area contributed by atoms with Crippen molar-refractivity contribution >= 4 is 39.2 Å². The molecule has 0 saturated carbocycles. The molecule has 3 aromatic heterocycles.